The maximum atomic E-state index is 11.4. The highest BCUT2D eigenvalue weighted by atomic mass is 35.5. The van der Waals surface area contributed by atoms with Crippen LogP contribution in [-0.2, 0) is 11.3 Å². The Morgan fingerprint density at radius 1 is 1.29 bits per heavy atom. The minimum atomic E-state index is -0.469. The largest absolute Gasteiger partial charge is 0.493 e. The third-order valence-electron chi connectivity index (χ3n) is 5.79. The van der Waals surface area contributed by atoms with E-state index in [1.807, 2.05) is 12.1 Å². The highest BCUT2D eigenvalue weighted by molar-refractivity contribution is 6.31. The van der Waals surface area contributed by atoms with Crippen molar-refractivity contribution >= 4 is 17.5 Å². The molecule has 1 saturated carbocycles. The molecule has 2 fully saturated rings. The van der Waals surface area contributed by atoms with Gasteiger partial charge in [-0.15, -0.1) is 0 Å². The van der Waals surface area contributed by atoms with Gasteiger partial charge in [-0.05, 0) is 42.7 Å². The van der Waals surface area contributed by atoms with Gasteiger partial charge in [-0.25, -0.2) is 0 Å². The van der Waals surface area contributed by atoms with Gasteiger partial charge >= 0.3 is 0 Å². The second-order valence-electron chi connectivity index (χ2n) is 8.00. The SMILES string of the molecule is CCCOc1cc(Cl)c(CN2C[C@H]3C[C@@H](NC(C)=O)[C@H](O)C[C@H]3C2)cc1OC. The van der Waals surface area contributed by atoms with Gasteiger partial charge in [-0.1, -0.05) is 18.5 Å². The fourth-order valence-corrected chi connectivity index (χ4v) is 4.71. The van der Waals surface area contributed by atoms with Gasteiger partial charge in [-0.2, -0.15) is 0 Å². The van der Waals surface area contributed by atoms with E-state index < -0.39 is 6.10 Å². The van der Waals surface area contributed by atoms with E-state index in [1.165, 1.54) is 6.92 Å². The van der Waals surface area contributed by atoms with Crippen LogP contribution in [-0.4, -0.2) is 54.9 Å². The average Bonchev–Trinajstić information content (AvgIpc) is 3.02. The number of halogens is 1. The van der Waals surface area contributed by atoms with Crippen molar-refractivity contribution in [1.82, 2.24) is 10.2 Å². The Kier molecular flexibility index (Phi) is 7.07. The minimum Gasteiger partial charge on any atom is -0.493 e. The molecule has 156 valence electrons. The molecule has 1 aliphatic carbocycles. The lowest BCUT2D eigenvalue weighted by Crippen LogP contribution is -2.48. The predicted octanol–water partition coefficient (Wildman–Crippen LogP) is 2.84. The minimum absolute atomic E-state index is 0.0818. The van der Waals surface area contributed by atoms with E-state index in [1.54, 1.807) is 7.11 Å². The van der Waals surface area contributed by atoms with Crippen LogP contribution in [0, 0.1) is 11.8 Å². The molecule has 3 rings (SSSR count). The highest BCUT2D eigenvalue weighted by Crippen LogP contribution is 2.39. The van der Waals surface area contributed by atoms with Crippen LogP contribution in [0.4, 0.5) is 0 Å². The number of fused-ring (bicyclic) bond motifs is 1. The first-order chi connectivity index (χ1) is 13.4. The molecule has 7 heteroatoms. The number of carbonyl (C=O) groups excluding carboxylic acids is 1. The smallest absolute Gasteiger partial charge is 0.217 e. The first kappa shape index (κ1) is 21.2. The van der Waals surface area contributed by atoms with Crippen LogP contribution in [0.5, 0.6) is 11.5 Å². The molecule has 2 N–H and O–H groups in total. The Morgan fingerprint density at radius 3 is 2.64 bits per heavy atom. The highest BCUT2D eigenvalue weighted by Gasteiger charge is 2.41. The lowest BCUT2D eigenvalue weighted by molar-refractivity contribution is -0.121. The van der Waals surface area contributed by atoms with Crippen molar-refractivity contribution in [3.8, 4) is 11.5 Å². The molecule has 4 atom stereocenters. The van der Waals surface area contributed by atoms with Crippen LogP contribution < -0.4 is 14.8 Å². The zero-order valence-electron chi connectivity index (χ0n) is 16.9. The molecule has 28 heavy (non-hydrogen) atoms. The van der Waals surface area contributed by atoms with E-state index in [0.29, 0.717) is 35.0 Å². The summed E-state index contributed by atoms with van der Waals surface area (Å²) in [5, 5.41) is 13.9. The number of ether oxygens (including phenoxy) is 2. The Hall–Kier alpha value is -1.50. The van der Waals surface area contributed by atoms with E-state index in [2.05, 4.69) is 17.1 Å². The van der Waals surface area contributed by atoms with Crippen molar-refractivity contribution < 1.29 is 19.4 Å². The zero-order valence-corrected chi connectivity index (χ0v) is 17.7. The summed E-state index contributed by atoms with van der Waals surface area (Å²) in [6.07, 6.45) is 2.00. The van der Waals surface area contributed by atoms with Crippen LogP contribution in [0.2, 0.25) is 5.02 Å². The molecule has 1 aliphatic heterocycles. The summed E-state index contributed by atoms with van der Waals surface area (Å²) >= 11 is 6.52. The summed E-state index contributed by atoms with van der Waals surface area (Å²) in [7, 11) is 1.64. The number of likely N-dealkylation sites (tertiary alicyclic amines) is 1. The fourth-order valence-electron chi connectivity index (χ4n) is 4.50. The maximum absolute atomic E-state index is 11.4. The number of aliphatic hydroxyl groups is 1. The molecule has 1 amide bonds. The van der Waals surface area contributed by atoms with E-state index in [4.69, 9.17) is 21.1 Å². The van der Waals surface area contributed by atoms with Gasteiger partial charge < -0.3 is 19.9 Å². The average molecular weight is 411 g/mol. The standard InChI is InChI=1S/C21H31ClN2O4/c1-4-5-28-21-9-17(22)16(8-20(21)27-3)12-24-10-14-6-18(23-13(2)25)19(26)7-15(14)11-24/h8-9,14-15,18-19,26H,4-7,10-12H2,1-3H3,(H,23,25)/t14-,15+,18-,19-/m1/s1. The van der Waals surface area contributed by atoms with Crippen molar-refractivity contribution in [3.63, 3.8) is 0 Å². The van der Waals surface area contributed by atoms with Gasteiger partial charge in [0.25, 0.3) is 0 Å². The Morgan fingerprint density at radius 2 is 2.00 bits per heavy atom. The van der Waals surface area contributed by atoms with E-state index in [-0.39, 0.29) is 11.9 Å². The first-order valence-electron chi connectivity index (χ1n) is 10.1. The van der Waals surface area contributed by atoms with Gasteiger partial charge in [0.15, 0.2) is 11.5 Å². The van der Waals surface area contributed by atoms with Crippen molar-refractivity contribution in [2.75, 3.05) is 26.8 Å². The summed E-state index contributed by atoms with van der Waals surface area (Å²) in [6.45, 7) is 6.80. The van der Waals surface area contributed by atoms with Crippen LogP contribution in [0.3, 0.4) is 0 Å². The lowest BCUT2D eigenvalue weighted by Gasteiger charge is -2.35. The maximum Gasteiger partial charge on any atom is 0.217 e. The van der Waals surface area contributed by atoms with Crippen LogP contribution in [0.15, 0.2) is 12.1 Å². The summed E-state index contributed by atoms with van der Waals surface area (Å²) in [5.74, 6) is 2.22. The van der Waals surface area contributed by atoms with Crippen LogP contribution in [0.1, 0.15) is 38.7 Å². The summed E-state index contributed by atoms with van der Waals surface area (Å²) in [5.41, 5.74) is 1.01. The topological polar surface area (TPSA) is 71.0 Å². The number of aliphatic hydroxyl groups excluding tert-OH is 1. The number of nitrogens with one attached hydrogen (secondary N) is 1. The number of amides is 1. The molecule has 6 nitrogen and oxygen atoms in total. The van der Waals surface area contributed by atoms with Gasteiger partial charge in [0.1, 0.15) is 0 Å². The molecule has 1 heterocycles. The molecular formula is C21H31ClN2O4. The molecule has 1 aromatic rings. The summed E-state index contributed by atoms with van der Waals surface area (Å²) in [6, 6.07) is 3.66. The van der Waals surface area contributed by atoms with Gasteiger partial charge in [0.05, 0.1) is 25.9 Å². The number of hydrogen-bond acceptors (Lipinski definition) is 5. The number of hydrogen-bond donors (Lipinski definition) is 2. The van der Waals surface area contributed by atoms with E-state index in [0.717, 1.165) is 44.5 Å². The monoisotopic (exact) mass is 410 g/mol. The number of nitrogens with zero attached hydrogens (tertiary/aromatic N) is 1. The quantitative estimate of drug-likeness (QED) is 0.723. The molecular weight excluding hydrogens is 380 g/mol. The second-order valence-corrected chi connectivity index (χ2v) is 8.41. The third-order valence-corrected chi connectivity index (χ3v) is 6.15. The normalized spacial score (nSPS) is 27.3. The van der Waals surface area contributed by atoms with E-state index >= 15 is 0 Å². The number of rotatable bonds is 7. The number of methoxy groups -OCH3 is 1. The summed E-state index contributed by atoms with van der Waals surface area (Å²) in [4.78, 5) is 13.8. The molecule has 2 aliphatic rings. The molecule has 1 saturated heterocycles. The lowest BCUT2D eigenvalue weighted by atomic mass is 9.77. The van der Waals surface area contributed by atoms with Crippen molar-refractivity contribution in [2.24, 2.45) is 11.8 Å². The van der Waals surface area contributed by atoms with Crippen molar-refractivity contribution in [2.45, 2.75) is 51.8 Å². The Labute approximate surface area is 172 Å². The van der Waals surface area contributed by atoms with Gasteiger partial charge in [0, 0.05) is 37.6 Å². The van der Waals surface area contributed by atoms with Crippen molar-refractivity contribution in [1.29, 1.82) is 0 Å². The Balaban J connectivity index is 1.66. The van der Waals surface area contributed by atoms with Crippen LogP contribution in [0.25, 0.3) is 0 Å². The van der Waals surface area contributed by atoms with Gasteiger partial charge in [0.2, 0.25) is 5.91 Å². The second kappa shape index (κ2) is 9.33. The molecule has 0 spiro atoms. The fraction of sp³-hybridized carbons (Fsp3) is 0.667. The summed E-state index contributed by atoms with van der Waals surface area (Å²) < 4.78 is 11.2. The first-order valence-corrected chi connectivity index (χ1v) is 10.5. The molecule has 0 radical (unpaired) electrons. The zero-order chi connectivity index (χ0) is 20.3. The van der Waals surface area contributed by atoms with E-state index in [9.17, 15) is 9.90 Å². The molecule has 0 aromatic heterocycles. The molecule has 0 unspecified atom stereocenters. The number of carbonyl (C=O) groups is 1. The van der Waals surface area contributed by atoms with Crippen LogP contribution >= 0.6 is 11.6 Å². The number of benzene rings is 1. The third kappa shape index (κ3) is 4.91. The molecule has 1 aromatic carbocycles. The Bertz CT molecular complexity index is 699. The van der Waals surface area contributed by atoms with Crippen molar-refractivity contribution in [3.05, 3.63) is 22.7 Å². The van der Waals surface area contributed by atoms with Gasteiger partial charge in [-0.3, -0.25) is 9.69 Å². The predicted molar refractivity (Wildman–Crippen MR) is 109 cm³/mol. The molecule has 0 bridgehead atoms.